The lowest BCUT2D eigenvalue weighted by atomic mass is 11.0. The molecule has 0 unspecified atom stereocenters. The van der Waals surface area contributed by atoms with Gasteiger partial charge < -0.3 is 0 Å². The molecule has 0 aromatic carbocycles. The first-order chi connectivity index (χ1) is 3.83. The van der Waals surface area contributed by atoms with E-state index in [-0.39, 0.29) is 5.19 Å². The van der Waals surface area contributed by atoms with Crippen LogP contribution in [0.3, 0.4) is 0 Å². The van der Waals surface area contributed by atoms with Crippen LogP contribution in [0.25, 0.3) is 0 Å². The monoisotopic (exact) mass is 153 g/mol. The van der Waals surface area contributed by atoms with Crippen LogP contribution in [0.2, 0.25) is 4.34 Å². The Balaban J connectivity index is 2.84. The lowest BCUT2D eigenvalue weighted by molar-refractivity contribution is -0.00644. The molecule has 0 amide bonds. The van der Waals surface area contributed by atoms with Gasteiger partial charge in [-0.05, 0) is 0 Å². The number of hydrogen-bond acceptors (Lipinski definition) is 3. The number of halogens is 2. The van der Waals surface area contributed by atoms with Crippen LogP contribution < -0.4 is 4.94 Å². The fourth-order valence-corrected chi connectivity index (χ4v) is 0.931. The van der Waals surface area contributed by atoms with E-state index in [2.05, 4.69) is 9.93 Å². The molecule has 0 bridgehead atoms. The third-order valence-electron chi connectivity index (χ3n) is 0.522. The first-order valence-corrected chi connectivity index (χ1v) is 2.92. The molecule has 8 heavy (non-hydrogen) atoms. The highest BCUT2D eigenvalue weighted by molar-refractivity contribution is 7.17. The van der Waals surface area contributed by atoms with Crippen molar-refractivity contribution in [1.29, 1.82) is 0 Å². The van der Waals surface area contributed by atoms with Crippen molar-refractivity contribution in [3.63, 3.8) is 0 Å². The molecule has 0 N–H and O–H groups in total. The Bertz CT molecular complexity index is 180. The SMILES string of the molecule is FOc1ncc(Cl)s1. The van der Waals surface area contributed by atoms with Crippen molar-refractivity contribution >= 4 is 22.9 Å². The Hall–Kier alpha value is -0.350. The number of nitrogens with zero attached hydrogens (tertiary/aromatic N) is 1. The van der Waals surface area contributed by atoms with Crippen LogP contribution in [0.1, 0.15) is 0 Å². The zero-order valence-corrected chi connectivity index (χ0v) is 5.17. The minimum absolute atomic E-state index is 0.0602. The summed E-state index contributed by atoms with van der Waals surface area (Å²) in [4.78, 5) is 6.68. The highest BCUT2D eigenvalue weighted by atomic mass is 35.5. The highest BCUT2D eigenvalue weighted by Gasteiger charge is 1.98. The summed E-state index contributed by atoms with van der Waals surface area (Å²) in [6.45, 7) is 0. The third kappa shape index (κ3) is 1.08. The summed E-state index contributed by atoms with van der Waals surface area (Å²) < 4.78 is 11.5. The van der Waals surface area contributed by atoms with Crippen molar-refractivity contribution in [2.45, 2.75) is 0 Å². The number of aromatic nitrogens is 1. The van der Waals surface area contributed by atoms with E-state index in [0.29, 0.717) is 4.34 Å². The number of rotatable bonds is 1. The standard InChI is InChI=1S/C3HClFNOS/c4-2-1-6-3(7-5)8-2/h1H. The van der Waals surface area contributed by atoms with Gasteiger partial charge >= 0.3 is 5.19 Å². The van der Waals surface area contributed by atoms with Gasteiger partial charge in [0.25, 0.3) is 0 Å². The fourth-order valence-electron chi connectivity index (χ4n) is 0.275. The smallest absolute Gasteiger partial charge is 0.262 e. The fraction of sp³-hybridized carbons (Fsp3) is 0. The largest absolute Gasteiger partial charge is 0.320 e. The van der Waals surface area contributed by atoms with Gasteiger partial charge in [0.15, 0.2) is 0 Å². The molecule has 0 saturated carbocycles. The molecule has 44 valence electrons. The number of hydrogen-bond donors (Lipinski definition) is 0. The van der Waals surface area contributed by atoms with E-state index >= 15 is 0 Å². The lowest BCUT2D eigenvalue weighted by Crippen LogP contribution is -1.68. The van der Waals surface area contributed by atoms with E-state index in [9.17, 15) is 4.53 Å². The molecule has 1 aromatic heterocycles. The molecule has 2 nitrogen and oxygen atoms in total. The van der Waals surface area contributed by atoms with Crippen LogP contribution in [-0.2, 0) is 0 Å². The molecular formula is C3HClFNOS. The first-order valence-electron chi connectivity index (χ1n) is 1.73. The summed E-state index contributed by atoms with van der Waals surface area (Å²) in [5.41, 5.74) is 0. The quantitative estimate of drug-likeness (QED) is 0.616. The predicted octanol–water partition coefficient (Wildman–Crippen LogP) is 2.06. The Morgan fingerprint density at radius 3 is 2.88 bits per heavy atom. The van der Waals surface area contributed by atoms with E-state index in [1.165, 1.54) is 6.20 Å². The average Bonchev–Trinajstić information content (AvgIpc) is 2.14. The van der Waals surface area contributed by atoms with Gasteiger partial charge in [-0.2, -0.15) is 0 Å². The highest BCUT2D eigenvalue weighted by Crippen LogP contribution is 2.24. The van der Waals surface area contributed by atoms with Crippen molar-refractivity contribution in [2.75, 3.05) is 0 Å². The minimum Gasteiger partial charge on any atom is -0.262 e. The van der Waals surface area contributed by atoms with Gasteiger partial charge in [-0.15, -0.1) is 0 Å². The van der Waals surface area contributed by atoms with Crippen LogP contribution in [0.15, 0.2) is 6.20 Å². The molecule has 0 saturated heterocycles. The van der Waals surface area contributed by atoms with Gasteiger partial charge in [-0.1, -0.05) is 22.9 Å². The second kappa shape index (κ2) is 2.28. The first kappa shape index (κ1) is 5.78. The Morgan fingerprint density at radius 2 is 2.62 bits per heavy atom. The van der Waals surface area contributed by atoms with Crippen molar-refractivity contribution in [3.05, 3.63) is 10.5 Å². The molecular weight excluding hydrogens is 153 g/mol. The third-order valence-corrected chi connectivity index (χ3v) is 1.49. The van der Waals surface area contributed by atoms with E-state index in [0.717, 1.165) is 11.3 Å². The van der Waals surface area contributed by atoms with E-state index in [4.69, 9.17) is 11.6 Å². The second-order valence-corrected chi connectivity index (χ2v) is 2.63. The predicted molar refractivity (Wildman–Crippen MR) is 28.9 cm³/mol. The molecule has 0 spiro atoms. The zero-order valence-electron chi connectivity index (χ0n) is 3.60. The van der Waals surface area contributed by atoms with Crippen molar-refractivity contribution < 1.29 is 9.47 Å². The van der Waals surface area contributed by atoms with Gasteiger partial charge in [0, 0.05) is 4.53 Å². The lowest BCUT2D eigenvalue weighted by Gasteiger charge is -1.76. The van der Waals surface area contributed by atoms with Crippen LogP contribution in [0.4, 0.5) is 4.53 Å². The van der Waals surface area contributed by atoms with E-state index in [1.807, 2.05) is 0 Å². The van der Waals surface area contributed by atoms with Gasteiger partial charge in [0.05, 0.1) is 6.20 Å². The summed E-state index contributed by atoms with van der Waals surface area (Å²) in [6.07, 6.45) is 1.32. The zero-order chi connectivity index (χ0) is 5.98. The van der Waals surface area contributed by atoms with Crippen LogP contribution in [0.5, 0.6) is 5.19 Å². The van der Waals surface area contributed by atoms with Crippen molar-refractivity contribution in [1.82, 2.24) is 4.98 Å². The summed E-state index contributed by atoms with van der Waals surface area (Å²) in [5.74, 6) is 0. The van der Waals surface area contributed by atoms with Crippen LogP contribution >= 0.6 is 22.9 Å². The molecule has 0 aliphatic rings. The minimum atomic E-state index is -0.0602. The van der Waals surface area contributed by atoms with Gasteiger partial charge in [-0.3, -0.25) is 4.94 Å². The molecule has 0 aliphatic carbocycles. The normalized spacial score (nSPS) is 9.25. The van der Waals surface area contributed by atoms with Crippen molar-refractivity contribution in [3.8, 4) is 5.19 Å². The van der Waals surface area contributed by atoms with Gasteiger partial charge in [-0.25, -0.2) is 4.98 Å². The molecule has 0 fully saturated rings. The van der Waals surface area contributed by atoms with E-state index < -0.39 is 0 Å². The summed E-state index contributed by atoms with van der Waals surface area (Å²) in [5, 5.41) is -0.0602. The molecule has 1 rings (SSSR count). The Labute approximate surface area is 53.8 Å². The summed E-state index contributed by atoms with van der Waals surface area (Å²) in [6, 6.07) is 0. The maximum atomic E-state index is 11.1. The van der Waals surface area contributed by atoms with Crippen molar-refractivity contribution in [2.24, 2.45) is 0 Å². The topological polar surface area (TPSA) is 22.1 Å². The van der Waals surface area contributed by atoms with E-state index in [1.54, 1.807) is 0 Å². The summed E-state index contributed by atoms with van der Waals surface area (Å²) in [7, 11) is 0. The average molecular weight is 154 g/mol. The second-order valence-electron chi connectivity index (χ2n) is 1.01. The maximum Gasteiger partial charge on any atom is 0.320 e. The molecule has 0 radical (unpaired) electrons. The maximum absolute atomic E-state index is 11.1. The van der Waals surface area contributed by atoms with Gasteiger partial charge in [0.1, 0.15) is 4.34 Å². The Morgan fingerprint density at radius 1 is 1.88 bits per heavy atom. The molecule has 5 heteroatoms. The molecule has 0 aliphatic heterocycles. The number of thiazole rings is 1. The molecule has 1 aromatic rings. The summed E-state index contributed by atoms with van der Waals surface area (Å²) >= 11 is 6.29. The van der Waals surface area contributed by atoms with Gasteiger partial charge in [0.2, 0.25) is 0 Å². The molecule has 0 atom stereocenters. The molecule has 1 heterocycles. The van der Waals surface area contributed by atoms with Crippen LogP contribution in [0, 0.1) is 0 Å². The van der Waals surface area contributed by atoms with Crippen LogP contribution in [-0.4, -0.2) is 4.98 Å². The Kier molecular flexibility index (Phi) is 1.65.